The fraction of sp³-hybridized carbons (Fsp3) is 0.0625. The lowest BCUT2D eigenvalue weighted by Gasteiger charge is -2.07. The summed E-state index contributed by atoms with van der Waals surface area (Å²) >= 11 is 5.78. The van der Waals surface area contributed by atoms with Crippen molar-refractivity contribution < 1.29 is 9.18 Å². The number of rotatable bonds is 4. The first-order chi connectivity index (χ1) is 11.6. The molecule has 0 aliphatic rings. The van der Waals surface area contributed by atoms with Gasteiger partial charge in [0.25, 0.3) is 0 Å². The summed E-state index contributed by atoms with van der Waals surface area (Å²) in [4.78, 5) is 15.9. The van der Waals surface area contributed by atoms with E-state index in [0.29, 0.717) is 17.4 Å². The van der Waals surface area contributed by atoms with E-state index in [9.17, 15) is 9.18 Å². The van der Waals surface area contributed by atoms with Crippen LogP contribution in [0.1, 0.15) is 5.56 Å². The van der Waals surface area contributed by atoms with E-state index < -0.39 is 11.8 Å². The molecule has 0 atom stereocenters. The summed E-state index contributed by atoms with van der Waals surface area (Å²) in [6.45, 7) is 0.550. The van der Waals surface area contributed by atoms with Crippen molar-refractivity contribution in [3.05, 3.63) is 71.4 Å². The van der Waals surface area contributed by atoms with Gasteiger partial charge < -0.3 is 5.32 Å². The van der Waals surface area contributed by atoms with Crippen molar-refractivity contribution in [2.45, 2.75) is 6.54 Å². The lowest BCUT2D eigenvalue weighted by atomic mass is 10.3. The molecule has 0 aliphatic carbocycles. The number of benzene rings is 1. The van der Waals surface area contributed by atoms with Gasteiger partial charge >= 0.3 is 6.03 Å². The van der Waals surface area contributed by atoms with E-state index in [2.05, 4.69) is 20.7 Å². The Morgan fingerprint density at radius 3 is 2.75 bits per heavy atom. The van der Waals surface area contributed by atoms with Crippen molar-refractivity contribution >= 4 is 29.1 Å². The summed E-state index contributed by atoms with van der Waals surface area (Å²) in [5.74, 6) is -0.221. The first-order valence-corrected chi connectivity index (χ1v) is 7.43. The molecule has 0 aliphatic heterocycles. The molecule has 2 amide bonds. The first kappa shape index (κ1) is 15.9. The molecule has 1 aromatic carbocycles. The molecule has 3 rings (SSSR count). The van der Waals surface area contributed by atoms with Crippen molar-refractivity contribution in [1.29, 1.82) is 0 Å². The molecule has 24 heavy (non-hydrogen) atoms. The zero-order valence-corrected chi connectivity index (χ0v) is 13.2. The molecule has 2 aromatic heterocycles. The molecule has 2 heterocycles. The number of carbonyl (C=O) groups is 1. The van der Waals surface area contributed by atoms with Crippen LogP contribution < -0.4 is 10.6 Å². The van der Waals surface area contributed by atoms with Gasteiger partial charge in [-0.2, -0.15) is 5.10 Å². The number of hydrogen-bond donors (Lipinski definition) is 2. The van der Waals surface area contributed by atoms with Crippen LogP contribution in [-0.4, -0.2) is 20.8 Å². The second kappa shape index (κ2) is 7.10. The molecule has 0 spiro atoms. The second-order valence-corrected chi connectivity index (χ2v) is 5.39. The Morgan fingerprint density at radius 1 is 1.17 bits per heavy atom. The van der Waals surface area contributed by atoms with Gasteiger partial charge in [0.2, 0.25) is 0 Å². The highest BCUT2D eigenvalue weighted by molar-refractivity contribution is 6.30. The predicted molar refractivity (Wildman–Crippen MR) is 89.6 cm³/mol. The van der Waals surface area contributed by atoms with Crippen molar-refractivity contribution in [2.24, 2.45) is 0 Å². The third-order valence-electron chi connectivity index (χ3n) is 3.15. The number of urea groups is 1. The zero-order valence-electron chi connectivity index (χ0n) is 12.4. The molecule has 3 aromatic rings. The third-order valence-corrected chi connectivity index (χ3v) is 3.39. The van der Waals surface area contributed by atoms with Gasteiger partial charge in [-0.1, -0.05) is 11.6 Å². The van der Waals surface area contributed by atoms with Gasteiger partial charge in [-0.25, -0.2) is 9.18 Å². The lowest BCUT2D eigenvalue weighted by Crippen LogP contribution is -2.20. The predicted octanol–water partition coefficient (Wildman–Crippen LogP) is 3.76. The summed E-state index contributed by atoms with van der Waals surface area (Å²) in [6.07, 6.45) is 5.13. The summed E-state index contributed by atoms with van der Waals surface area (Å²) in [5.41, 5.74) is 1.03. The largest absolute Gasteiger partial charge is 0.324 e. The highest BCUT2D eigenvalue weighted by Crippen LogP contribution is 2.19. The van der Waals surface area contributed by atoms with Gasteiger partial charge in [0, 0.05) is 29.7 Å². The van der Waals surface area contributed by atoms with Gasteiger partial charge in [0.05, 0.1) is 12.2 Å². The molecule has 8 heteroatoms. The normalized spacial score (nSPS) is 10.4. The molecule has 0 saturated heterocycles. The number of nitrogens with zero attached hydrogens (tertiary/aromatic N) is 3. The van der Waals surface area contributed by atoms with Crippen LogP contribution in [0.4, 0.5) is 20.7 Å². The van der Waals surface area contributed by atoms with Crippen LogP contribution in [0.2, 0.25) is 5.02 Å². The zero-order chi connectivity index (χ0) is 16.9. The fourth-order valence-electron chi connectivity index (χ4n) is 2.05. The standard InChI is InChI=1S/C16H13ClFN5O/c17-12-1-2-13(18)14(9-12)20-16(24)21-15-5-8-23(22-15)10-11-3-6-19-7-4-11/h1-9H,10H2,(H2,20,21,22,24). The van der Waals surface area contributed by atoms with Crippen molar-refractivity contribution in [3.8, 4) is 0 Å². The Kier molecular flexibility index (Phi) is 4.72. The van der Waals surface area contributed by atoms with Gasteiger partial charge in [0.15, 0.2) is 5.82 Å². The minimum absolute atomic E-state index is 0.00350. The van der Waals surface area contributed by atoms with Gasteiger partial charge in [-0.3, -0.25) is 15.0 Å². The Bertz CT molecular complexity index is 853. The van der Waals surface area contributed by atoms with E-state index >= 15 is 0 Å². The summed E-state index contributed by atoms with van der Waals surface area (Å²) in [7, 11) is 0. The number of aromatic nitrogens is 3. The minimum Gasteiger partial charge on any atom is -0.305 e. The van der Waals surface area contributed by atoms with Crippen LogP contribution >= 0.6 is 11.6 Å². The van der Waals surface area contributed by atoms with Crippen LogP contribution in [0.3, 0.4) is 0 Å². The van der Waals surface area contributed by atoms with E-state index in [0.717, 1.165) is 5.56 Å². The maximum absolute atomic E-state index is 13.6. The van der Waals surface area contributed by atoms with E-state index in [1.54, 1.807) is 29.3 Å². The van der Waals surface area contributed by atoms with Crippen LogP contribution in [0, 0.1) is 5.82 Å². The summed E-state index contributed by atoms with van der Waals surface area (Å²) < 4.78 is 15.3. The van der Waals surface area contributed by atoms with Gasteiger partial charge in [0.1, 0.15) is 5.82 Å². The fourth-order valence-corrected chi connectivity index (χ4v) is 2.23. The number of carbonyl (C=O) groups excluding carboxylic acids is 1. The van der Waals surface area contributed by atoms with E-state index in [1.165, 1.54) is 18.2 Å². The molecular formula is C16H13ClFN5O. The number of nitrogens with one attached hydrogen (secondary N) is 2. The molecule has 0 fully saturated rings. The Balaban J connectivity index is 1.62. The van der Waals surface area contributed by atoms with Crippen molar-refractivity contribution in [3.63, 3.8) is 0 Å². The number of hydrogen-bond acceptors (Lipinski definition) is 3. The SMILES string of the molecule is O=C(Nc1ccn(Cc2ccncc2)n1)Nc1cc(Cl)ccc1F. The molecule has 2 N–H and O–H groups in total. The molecule has 122 valence electrons. The number of anilines is 2. The topological polar surface area (TPSA) is 71.8 Å². The van der Waals surface area contributed by atoms with E-state index in [1.807, 2.05) is 12.1 Å². The highest BCUT2D eigenvalue weighted by Gasteiger charge is 2.09. The molecule has 0 unspecified atom stereocenters. The number of amides is 2. The number of pyridine rings is 1. The summed E-state index contributed by atoms with van der Waals surface area (Å²) in [5, 5.41) is 9.49. The van der Waals surface area contributed by atoms with Crippen LogP contribution in [-0.2, 0) is 6.54 Å². The van der Waals surface area contributed by atoms with Crippen molar-refractivity contribution in [1.82, 2.24) is 14.8 Å². The second-order valence-electron chi connectivity index (χ2n) is 4.96. The smallest absolute Gasteiger partial charge is 0.305 e. The third kappa shape index (κ3) is 4.08. The summed E-state index contributed by atoms with van der Waals surface area (Å²) in [6, 6.07) is 8.72. The Labute approximate surface area is 142 Å². The van der Waals surface area contributed by atoms with Crippen molar-refractivity contribution in [2.75, 3.05) is 10.6 Å². The maximum atomic E-state index is 13.6. The lowest BCUT2D eigenvalue weighted by molar-refractivity contribution is 0.262. The monoisotopic (exact) mass is 345 g/mol. The maximum Gasteiger partial charge on any atom is 0.324 e. The molecule has 0 radical (unpaired) electrons. The average molecular weight is 346 g/mol. The highest BCUT2D eigenvalue weighted by atomic mass is 35.5. The van der Waals surface area contributed by atoms with Crippen LogP contribution in [0.15, 0.2) is 55.0 Å². The average Bonchev–Trinajstić information content (AvgIpc) is 2.98. The first-order valence-electron chi connectivity index (χ1n) is 7.05. The molecule has 6 nitrogen and oxygen atoms in total. The van der Waals surface area contributed by atoms with E-state index in [-0.39, 0.29) is 5.69 Å². The Hall–Kier alpha value is -2.93. The van der Waals surface area contributed by atoms with Gasteiger partial charge in [-0.15, -0.1) is 0 Å². The molecule has 0 saturated carbocycles. The Morgan fingerprint density at radius 2 is 1.96 bits per heavy atom. The molecular weight excluding hydrogens is 333 g/mol. The van der Waals surface area contributed by atoms with E-state index in [4.69, 9.17) is 11.6 Å². The molecule has 0 bridgehead atoms. The van der Waals surface area contributed by atoms with Crippen LogP contribution in [0.5, 0.6) is 0 Å². The van der Waals surface area contributed by atoms with Crippen LogP contribution in [0.25, 0.3) is 0 Å². The quantitative estimate of drug-likeness (QED) is 0.756. The van der Waals surface area contributed by atoms with Gasteiger partial charge in [-0.05, 0) is 35.9 Å². The minimum atomic E-state index is -0.606. The number of halogens is 2.